The van der Waals surface area contributed by atoms with Gasteiger partial charge in [0.05, 0.1) is 0 Å². The Bertz CT molecular complexity index is 53.0. The standard InChI is InChI=1S/F3IO/c1-4(2,3)5. The maximum absolute atomic E-state index is 9.98. The molecule has 5 heavy (non-hydrogen) atoms. The van der Waals surface area contributed by atoms with Gasteiger partial charge in [-0.3, -0.25) is 0 Å². The van der Waals surface area contributed by atoms with Gasteiger partial charge in [0.25, 0.3) is 0 Å². The molecule has 0 aromatic heterocycles. The molecule has 0 aromatic carbocycles. The number of hydrogen-bond donors (Lipinski definition) is 0. The van der Waals surface area contributed by atoms with Crippen LogP contribution in [0, 0.1) is 0 Å². The number of hydrogen-bond acceptors (Lipinski definition) is 1. The van der Waals surface area contributed by atoms with Crippen molar-refractivity contribution in [3.8, 4) is 0 Å². The fourth-order valence-corrected chi connectivity index (χ4v) is 0. The summed E-state index contributed by atoms with van der Waals surface area (Å²) in [6, 6.07) is 0. The Morgan fingerprint density at radius 1 is 1.20 bits per heavy atom. The second-order valence-corrected chi connectivity index (χ2v) is 2.26. The van der Waals surface area contributed by atoms with E-state index in [1.807, 2.05) is 0 Å². The molecule has 0 saturated carbocycles. The van der Waals surface area contributed by atoms with Crippen molar-refractivity contribution in [2.75, 3.05) is 0 Å². The predicted octanol–water partition coefficient (Wildman–Crippen LogP) is 2.03. The van der Waals surface area contributed by atoms with Crippen molar-refractivity contribution in [3.63, 3.8) is 0 Å². The first-order chi connectivity index (χ1) is 2.00. The van der Waals surface area contributed by atoms with Crippen LogP contribution in [-0.2, 0) is 3.07 Å². The van der Waals surface area contributed by atoms with E-state index in [0.717, 1.165) is 0 Å². The van der Waals surface area contributed by atoms with Gasteiger partial charge < -0.3 is 0 Å². The molecular formula is F3IO. The van der Waals surface area contributed by atoms with Crippen molar-refractivity contribution in [1.29, 1.82) is 0 Å². The van der Waals surface area contributed by atoms with Crippen LogP contribution in [0.5, 0.6) is 0 Å². The van der Waals surface area contributed by atoms with E-state index in [1.165, 1.54) is 0 Å². The van der Waals surface area contributed by atoms with E-state index in [0.29, 0.717) is 0 Å². The van der Waals surface area contributed by atoms with Gasteiger partial charge in [0, 0.05) is 0 Å². The van der Waals surface area contributed by atoms with Gasteiger partial charge in [-0.25, -0.2) is 0 Å². The van der Waals surface area contributed by atoms with Gasteiger partial charge in [-0.1, -0.05) is 0 Å². The van der Waals surface area contributed by atoms with Crippen molar-refractivity contribution in [2.24, 2.45) is 0 Å². The molecule has 34 valence electrons. The summed E-state index contributed by atoms with van der Waals surface area (Å²) in [7, 11) is 0. The van der Waals surface area contributed by atoms with Crippen molar-refractivity contribution < 1.29 is 11.6 Å². The molecule has 0 unspecified atom stereocenters. The summed E-state index contributed by atoms with van der Waals surface area (Å²) in [6.07, 6.45) is 0. The maximum atomic E-state index is 9.98. The number of halogens is 4. The Balaban J connectivity index is 3.47. The Morgan fingerprint density at radius 2 is 1.20 bits per heavy atom. The Morgan fingerprint density at radius 3 is 1.20 bits per heavy atom. The van der Waals surface area contributed by atoms with Crippen LogP contribution in [0.1, 0.15) is 0 Å². The summed E-state index contributed by atoms with van der Waals surface area (Å²) in [5.74, 6) is 0. The van der Waals surface area contributed by atoms with Gasteiger partial charge in [-0.2, -0.15) is 0 Å². The van der Waals surface area contributed by atoms with Gasteiger partial charge in [-0.05, 0) is 0 Å². The van der Waals surface area contributed by atoms with Crippen LogP contribution >= 0.6 is 20.1 Å². The Labute approximate surface area is 32.4 Å². The molecule has 0 aliphatic heterocycles. The molecule has 0 N–H and O–H groups in total. The summed E-state index contributed by atoms with van der Waals surface area (Å²) in [6.45, 7) is 0. The van der Waals surface area contributed by atoms with E-state index in [-0.39, 0.29) is 0 Å². The second-order valence-electron chi connectivity index (χ2n) is 0.337. The third-order valence-electron chi connectivity index (χ3n) is 0. The van der Waals surface area contributed by atoms with Crippen LogP contribution < -0.4 is 0 Å². The van der Waals surface area contributed by atoms with Crippen LogP contribution in [0.15, 0.2) is 0 Å². The molecule has 0 rings (SSSR count). The topological polar surface area (TPSA) is 17.1 Å². The zero-order valence-electron chi connectivity index (χ0n) is 1.92. The summed E-state index contributed by atoms with van der Waals surface area (Å²) in [4.78, 5) is 0. The predicted molar refractivity (Wildman–Crippen MR) is 18.0 cm³/mol. The molecule has 0 bridgehead atoms. The molecule has 5 heteroatoms. The van der Waals surface area contributed by atoms with Gasteiger partial charge in [0.15, 0.2) is 0 Å². The normalized spacial score (nSPS) is 15.0. The van der Waals surface area contributed by atoms with Crippen molar-refractivity contribution >= 4 is 20.1 Å². The molecule has 0 aliphatic carbocycles. The molecule has 0 radical (unpaired) electrons. The minimum atomic E-state index is -6.69. The van der Waals surface area contributed by atoms with Gasteiger partial charge >= 0.3 is 31.8 Å². The third-order valence-corrected chi connectivity index (χ3v) is 0. The molecule has 0 saturated heterocycles. The van der Waals surface area contributed by atoms with E-state index in [2.05, 4.69) is 0 Å². The van der Waals surface area contributed by atoms with Gasteiger partial charge in [0.1, 0.15) is 0 Å². The monoisotopic (exact) mass is 200 g/mol. The fraction of sp³-hybridized carbons (Fsp3) is 0. The molecule has 0 aliphatic rings. The van der Waals surface area contributed by atoms with Crippen LogP contribution in [0.2, 0.25) is 0 Å². The van der Waals surface area contributed by atoms with Crippen LogP contribution in [0.25, 0.3) is 0 Å². The summed E-state index contributed by atoms with van der Waals surface area (Å²) in [5, 5.41) is 0. The molecule has 0 aromatic rings. The summed E-state index contributed by atoms with van der Waals surface area (Å²) >= 11 is -6.69. The molecule has 0 atom stereocenters. The molecule has 1 nitrogen and oxygen atoms in total. The van der Waals surface area contributed by atoms with E-state index in [4.69, 9.17) is 3.07 Å². The first-order valence-electron chi connectivity index (χ1n) is 0.583. The second kappa shape index (κ2) is 1.19. The quantitative estimate of drug-likeness (QED) is 0.546. The third kappa shape index (κ3) is 227. The Kier molecular flexibility index (Phi) is 1.27. The van der Waals surface area contributed by atoms with E-state index < -0.39 is 20.1 Å². The molecule has 0 heterocycles. The van der Waals surface area contributed by atoms with Gasteiger partial charge in [-0.15, -0.1) is 0 Å². The van der Waals surface area contributed by atoms with E-state index in [1.54, 1.807) is 0 Å². The molecule has 0 spiro atoms. The molecule has 0 amide bonds. The van der Waals surface area contributed by atoms with Crippen molar-refractivity contribution in [3.05, 3.63) is 0 Å². The minimum absolute atomic E-state index is 6.69. The summed E-state index contributed by atoms with van der Waals surface area (Å²) in [5.41, 5.74) is 0. The first-order valence-corrected chi connectivity index (χ1v) is 3.91. The number of rotatable bonds is 0. The van der Waals surface area contributed by atoms with Gasteiger partial charge in [0.2, 0.25) is 0 Å². The van der Waals surface area contributed by atoms with Crippen LogP contribution in [-0.4, -0.2) is 0 Å². The van der Waals surface area contributed by atoms with Crippen molar-refractivity contribution in [2.45, 2.75) is 0 Å². The summed E-state index contributed by atoms with van der Waals surface area (Å²) < 4.78 is 38.2. The van der Waals surface area contributed by atoms with Crippen LogP contribution in [0.4, 0.5) is 8.58 Å². The van der Waals surface area contributed by atoms with E-state index >= 15 is 0 Å². The van der Waals surface area contributed by atoms with Crippen LogP contribution in [0.3, 0.4) is 0 Å². The molecule has 0 fully saturated rings. The first kappa shape index (κ1) is 5.32. The average Bonchev–Trinajstić information content (AvgIpc) is 0.722. The molecular weight excluding hydrogens is 200 g/mol. The average molecular weight is 200 g/mol. The van der Waals surface area contributed by atoms with E-state index in [9.17, 15) is 8.58 Å². The Hall–Kier alpha value is 0.320. The van der Waals surface area contributed by atoms with Crippen molar-refractivity contribution in [1.82, 2.24) is 0 Å². The fourth-order valence-electron chi connectivity index (χ4n) is 0. The SMILES string of the molecule is O=I(F)(F)F. The zero-order chi connectivity index (χ0) is 4.50. The zero-order valence-corrected chi connectivity index (χ0v) is 4.08.